The summed E-state index contributed by atoms with van der Waals surface area (Å²) >= 11 is 5.84. The Morgan fingerprint density at radius 2 is 1.81 bits per heavy atom. The Labute approximate surface area is 191 Å². The van der Waals surface area contributed by atoms with Gasteiger partial charge in [0.25, 0.3) is 0 Å². The van der Waals surface area contributed by atoms with Gasteiger partial charge in [-0.1, -0.05) is 11.6 Å². The van der Waals surface area contributed by atoms with Crippen LogP contribution in [-0.4, -0.2) is 70.9 Å². The Morgan fingerprint density at radius 3 is 2.48 bits per heavy atom. The molecular weight excluding hydrogens is 445 g/mol. The standard InChI is InChI=1S/C18H26ClN9O2.ClH/c19-12-14(21)25-13(20)11(24-12)15(29)26-17-23-9-18(27-17)3-7-28(8-4-18)16(30)10-1-5-22-6-2-10;/h10,22H,1-9H2,(H4,20,21,25)(H2,23,26,27,29);1H. The predicted molar refractivity (Wildman–Crippen MR) is 120 cm³/mol. The highest BCUT2D eigenvalue weighted by atomic mass is 35.5. The van der Waals surface area contributed by atoms with Crippen molar-refractivity contribution in [3.8, 4) is 0 Å². The Hall–Kier alpha value is -2.37. The molecule has 1 aromatic rings. The molecule has 3 fully saturated rings. The van der Waals surface area contributed by atoms with Gasteiger partial charge in [0.2, 0.25) is 5.91 Å². The molecule has 4 rings (SSSR count). The lowest BCUT2D eigenvalue weighted by Crippen LogP contribution is -2.55. The molecule has 31 heavy (non-hydrogen) atoms. The maximum Gasteiger partial charge on any atom is 0.302 e. The topological polar surface area (TPSA) is 164 Å². The number of aliphatic imine (C=N–C) groups is 1. The summed E-state index contributed by atoms with van der Waals surface area (Å²) in [6, 6.07) is 0. The van der Waals surface area contributed by atoms with E-state index in [1.54, 1.807) is 0 Å². The maximum absolute atomic E-state index is 12.8. The smallest absolute Gasteiger partial charge is 0.302 e. The summed E-state index contributed by atoms with van der Waals surface area (Å²) in [5, 5.41) is 9.64. The van der Waals surface area contributed by atoms with Crippen LogP contribution in [0.1, 0.15) is 36.2 Å². The number of aromatic nitrogens is 2. The van der Waals surface area contributed by atoms with Gasteiger partial charge in [0.05, 0.1) is 5.54 Å². The monoisotopic (exact) mass is 471 g/mol. The van der Waals surface area contributed by atoms with Crippen LogP contribution in [0.15, 0.2) is 4.99 Å². The lowest BCUT2D eigenvalue weighted by molar-refractivity contribution is -0.138. The lowest BCUT2D eigenvalue weighted by Gasteiger charge is -2.40. The van der Waals surface area contributed by atoms with Crippen molar-refractivity contribution < 1.29 is 9.59 Å². The van der Waals surface area contributed by atoms with Crippen LogP contribution in [0.4, 0.5) is 11.6 Å². The fraction of sp³-hybridized carbons (Fsp3) is 0.611. The predicted octanol–water partition coefficient (Wildman–Crippen LogP) is -0.234. The number of nitrogens with zero attached hydrogens (tertiary/aromatic N) is 4. The van der Waals surface area contributed by atoms with Gasteiger partial charge < -0.3 is 32.3 Å². The second kappa shape index (κ2) is 9.41. The number of amides is 2. The minimum Gasteiger partial charge on any atom is -0.382 e. The van der Waals surface area contributed by atoms with Crippen LogP contribution in [0, 0.1) is 5.92 Å². The van der Waals surface area contributed by atoms with Gasteiger partial charge >= 0.3 is 5.91 Å². The van der Waals surface area contributed by atoms with Crippen molar-refractivity contribution >= 4 is 53.4 Å². The minimum atomic E-state index is -0.660. The summed E-state index contributed by atoms with van der Waals surface area (Å²) in [4.78, 5) is 38.9. The zero-order chi connectivity index (χ0) is 21.3. The van der Waals surface area contributed by atoms with Gasteiger partial charge in [-0.2, -0.15) is 4.99 Å². The summed E-state index contributed by atoms with van der Waals surface area (Å²) in [5.41, 5.74) is 10.9. The van der Waals surface area contributed by atoms with Crippen LogP contribution in [0.2, 0.25) is 5.15 Å². The Bertz CT molecular complexity index is 881. The van der Waals surface area contributed by atoms with Crippen LogP contribution in [0.5, 0.6) is 0 Å². The third kappa shape index (κ3) is 4.94. The Morgan fingerprint density at radius 1 is 1.13 bits per heavy atom. The van der Waals surface area contributed by atoms with Crippen molar-refractivity contribution in [2.45, 2.75) is 31.2 Å². The quantitative estimate of drug-likeness (QED) is 0.391. The van der Waals surface area contributed by atoms with Crippen molar-refractivity contribution in [2.24, 2.45) is 10.9 Å². The van der Waals surface area contributed by atoms with Crippen LogP contribution in [-0.2, 0) is 4.79 Å². The number of nitrogens with two attached hydrogens (primary N) is 2. The maximum atomic E-state index is 12.8. The molecule has 2 amide bonds. The molecule has 170 valence electrons. The number of piperidine rings is 2. The molecule has 13 heteroatoms. The third-order valence-corrected chi connectivity index (χ3v) is 6.30. The van der Waals surface area contributed by atoms with Crippen molar-refractivity contribution in [3.05, 3.63) is 10.8 Å². The average molecular weight is 472 g/mol. The number of halogens is 2. The first kappa shape index (κ1) is 23.3. The zero-order valence-corrected chi connectivity index (χ0v) is 18.6. The lowest BCUT2D eigenvalue weighted by atomic mass is 9.87. The fourth-order valence-corrected chi connectivity index (χ4v) is 4.32. The number of guanidine groups is 1. The van der Waals surface area contributed by atoms with Crippen LogP contribution in [0.25, 0.3) is 0 Å². The largest absolute Gasteiger partial charge is 0.382 e. The molecule has 4 heterocycles. The van der Waals surface area contributed by atoms with Crippen molar-refractivity contribution in [1.82, 2.24) is 30.8 Å². The molecular formula is C18H27Cl2N9O2. The number of hydrogen-bond donors (Lipinski definition) is 5. The first-order chi connectivity index (χ1) is 14.4. The van der Waals surface area contributed by atoms with Gasteiger partial charge in [0, 0.05) is 25.6 Å². The van der Waals surface area contributed by atoms with E-state index >= 15 is 0 Å². The first-order valence-electron chi connectivity index (χ1n) is 10.1. The highest BCUT2D eigenvalue weighted by molar-refractivity contribution is 6.31. The molecule has 0 unspecified atom stereocenters. The first-order valence-corrected chi connectivity index (χ1v) is 10.5. The van der Waals surface area contributed by atoms with E-state index in [1.165, 1.54) is 0 Å². The summed E-state index contributed by atoms with van der Waals surface area (Å²) in [6.07, 6.45) is 3.36. The van der Waals surface area contributed by atoms with E-state index < -0.39 is 5.91 Å². The zero-order valence-electron chi connectivity index (χ0n) is 17.0. The highest BCUT2D eigenvalue weighted by Crippen LogP contribution is 2.27. The van der Waals surface area contributed by atoms with E-state index in [9.17, 15) is 9.59 Å². The van der Waals surface area contributed by atoms with E-state index in [0.29, 0.717) is 25.6 Å². The number of rotatable bonds is 2. The number of carbonyl (C=O) groups is 2. The van der Waals surface area contributed by atoms with Gasteiger partial charge in [-0.3, -0.25) is 9.59 Å². The molecule has 0 bridgehead atoms. The number of nitrogens with one attached hydrogen (secondary N) is 3. The average Bonchev–Trinajstić information content (AvgIpc) is 3.13. The molecule has 11 nitrogen and oxygen atoms in total. The summed E-state index contributed by atoms with van der Waals surface area (Å²) < 4.78 is 0. The van der Waals surface area contributed by atoms with Crippen LogP contribution in [0.3, 0.4) is 0 Å². The number of carbonyl (C=O) groups excluding carboxylic acids is 2. The van der Waals surface area contributed by atoms with E-state index in [4.69, 9.17) is 23.1 Å². The SMILES string of the molecule is Cl.Nc1nc(N)c(C(=O)/N=C2\NCC3(CCN(C(=O)C4CCNCC4)CC3)N2)nc1Cl. The molecule has 0 aromatic carbocycles. The van der Waals surface area contributed by atoms with Gasteiger partial charge in [-0.15, -0.1) is 12.4 Å². The number of hydrogen-bond acceptors (Lipinski definition) is 7. The van der Waals surface area contributed by atoms with Gasteiger partial charge in [0.15, 0.2) is 28.4 Å². The van der Waals surface area contributed by atoms with Crippen molar-refractivity contribution in [3.63, 3.8) is 0 Å². The molecule has 3 aliphatic heterocycles. The van der Waals surface area contributed by atoms with E-state index in [0.717, 1.165) is 38.8 Å². The fourth-order valence-electron chi connectivity index (χ4n) is 4.20. The highest BCUT2D eigenvalue weighted by Gasteiger charge is 2.41. The molecule has 1 spiro atoms. The minimum absolute atomic E-state index is 0. The summed E-state index contributed by atoms with van der Waals surface area (Å²) in [6.45, 7) is 3.80. The number of anilines is 2. The van der Waals surface area contributed by atoms with Crippen LogP contribution >= 0.6 is 24.0 Å². The number of likely N-dealkylation sites (tertiary alicyclic amines) is 1. The number of nitrogen functional groups attached to an aromatic ring is 2. The molecule has 0 radical (unpaired) electrons. The van der Waals surface area contributed by atoms with E-state index in [2.05, 4.69) is 30.9 Å². The van der Waals surface area contributed by atoms with Gasteiger partial charge in [0.1, 0.15) is 0 Å². The molecule has 3 saturated heterocycles. The molecule has 0 saturated carbocycles. The summed E-state index contributed by atoms with van der Waals surface area (Å²) in [5.74, 6) is -0.0812. The molecule has 1 aromatic heterocycles. The van der Waals surface area contributed by atoms with Crippen LogP contribution < -0.4 is 27.4 Å². The van der Waals surface area contributed by atoms with E-state index in [-0.39, 0.29) is 52.3 Å². The molecule has 0 atom stereocenters. The van der Waals surface area contributed by atoms with Crippen molar-refractivity contribution in [1.29, 1.82) is 0 Å². The van der Waals surface area contributed by atoms with Crippen molar-refractivity contribution in [2.75, 3.05) is 44.2 Å². The van der Waals surface area contributed by atoms with Gasteiger partial charge in [-0.25, -0.2) is 9.97 Å². The Balaban J connectivity index is 0.00000272. The summed E-state index contributed by atoms with van der Waals surface area (Å²) in [7, 11) is 0. The molecule has 7 N–H and O–H groups in total. The second-order valence-corrected chi connectivity index (χ2v) is 8.37. The van der Waals surface area contributed by atoms with E-state index in [1.807, 2.05) is 4.90 Å². The molecule has 0 aliphatic carbocycles. The third-order valence-electron chi connectivity index (χ3n) is 6.02. The van der Waals surface area contributed by atoms with Gasteiger partial charge in [-0.05, 0) is 38.8 Å². The second-order valence-electron chi connectivity index (χ2n) is 8.01. The Kier molecular flexibility index (Phi) is 7.07. The normalized spacial score (nSPS) is 22.0. The molecule has 3 aliphatic rings.